The lowest BCUT2D eigenvalue weighted by atomic mass is 9.75. The molecule has 1 nitrogen and oxygen atoms in total. The lowest BCUT2D eigenvalue weighted by Gasteiger charge is -2.38. The van der Waals surface area contributed by atoms with Gasteiger partial charge in [0.15, 0.2) is 0 Å². The Kier molecular flexibility index (Phi) is 4.39. The van der Waals surface area contributed by atoms with Gasteiger partial charge in [-0.05, 0) is 55.7 Å². The molecule has 0 aromatic heterocycles. The van der Waals surface area contributed by atoms with Crippen molar-refractivity contribution in [1.82, 2.24) is 5.32 Å². The van der Waals surface area contributed by atoms with Gasteiger partial charge in [-0.1, -0.05) is 26.0 Å². The molecule has 0 heterocycles. The molecule has 0 spiro atoms. The summed E-state index contributed by atoms with van der Waals surface area (Å²) in [5.74, 6) is 1.23. The van der Waals surface area contributed by atoms with E-state index in [9.17, 15) is 4.39 Å². The summed E-state index contributed by atoms with van der Waals surface area (Å²) in [6.45, 7) is 6.80. The summed E-state index contributed by atoms with van der Waals surface area (Å²) in [5.41, 5.74) is 1.28. The SMILES string of the molecule is CC(C)CC(C)NC1CC(c2ccc(F)cc2)C1. The second kappa shape index (κ2) is 5.83. The van der Waals surface area contributed by atoms with Crippen LogP contribution in [0.25, 0.3) is 0 Å². The fourth-order valence-electron chi connectivity index (χ4n) is 2.94. The predicted molar refractivity (Wildman–Crippen MR) is 74.2 cm³/mol. The third-order valence-electron chi connectivity index (χ3n) is 3.82. The summed E-state index contributed by atoms with van der Waals surface area (Å²) < 4.78 is 12.8. The van der Waals surface area contributed by atoms with Gasteiger partial charge < -0.3 is 5.32 Å². The van der Waals surface area contributed by atoms with Gasteiger partial charge >= 0.3 is 0 Å². The van der Waals surface area contributed by atoms with Crippen LogP contribution >= 0.6 is 0 Å². The number of nitrogens with one attached hydrogen (secondary N) is 1. The van der Waals surface area contributed by atoms with Crippen molar-refractivity contribution in [2.24, 2.45) is 5.92 Å². The Bertz CT molecular complexity index is 365. The minimum absolute atomic E-state index is 0.140. The molecule has 1 N–H and O–H groups in total. The van der Waals surface area contributed by atoms with E-state index in [-0.39, 0.29) is 5.82 Å². The Labute approximate surface area is 110 Å². The first-order chi connectivity index (χ1) is 8.54. The third kappa shape index (κ3) is 3.55. The summed E-state index contributed by atoms with van der Waals surface area (Å²) in [6.07, 6.45) is 3.61. The van der Waals surface area contributed by atoms with E-state index in [0.717, 1.165) is 5.92 Å². The monoisotopic (exact) mass is 249 g/mol. The van der Waals surface area contributed by atoms with Crippen LogP contribution in [0.3, 0.4) is 0 Å². The van der Waals surface area contributed by atoms with Crippen LogP contribution in [0.5, 0.6) is 0 Å². The molecule has 1 aliphatic carbocycles. The molecule has 1 atom stereocenters. The molecule has 0 bridgehead atoms. The predicted octanol–water partition coefficient (Wildman–Crippen LogP) is 4.10. The van der Waals surface area contributed by atoms with Crippen LogP contribution in [0, 0.1) is 11.7 Å². The molecule has 1 fully saturated rings. The van der Waals surface area contributed by atoms with Crippen molar-refractivity contribution in [3.8, 4) is 0 Å². The number of rotatable bonds is 5. The van der Waals surface area contributed by atoms with E-state index in [2.05, 4.69) is 26.1 Å². The Morgan fingerprint density at radius 1 is 1.17 bits per heavy atom. The van der Waals surface area contributed by atoms with E-state index in [4.69, 9.17) is 0 Å². The molecule has 0 saturated heterocycles. The minimum atomic E-state index is -0.140. The van der Waals surface area contributed by atoms with Gasteiger partial charge in [0.05, 0.1) is 0 Å². The first-order valence-corrected chi connectivity index (χ1v) is 7.06. The van der Waals surface area contributed by atoms with Gasteiger partial charge in [-0.25, -0.2) is 4.39 Å². The molecule has 0 radical (unpaired) electrons. The number of hydrogen-bond acceptors (Lipinski definition) is 1. The average molecular weight is 249 g/mol. The zero-order valence-corrected chi connectivity index (χ0v) is 11.6. The van der Waals surface area contributed by atoms with Crippen LogP contribution in [0.4, 0.5) is 4.39 Å². The quantitative estimate of drug-likeness (QED) is 0.828. The second-order valence-corrected chi connectivity index (χ2v) is 6.11. The van der Waals surface area contributed by atoms with E-state index in [1.807, 2.05) is 12.1 Å². The summed E-state index contributed by atoms with van der Waals surface area (Å²) in [4.78, 5) is 0. The first-order valence-electron chi connectivity index (χ1n) is 7.06. The van der Waals surface area contributed by atoms with E-state index < -0.39 is 0 Å². The molecular weight excluding hydrogens is 225 g/mol. The Balaban J connectivity index is 1.75. The highest BCUT2D eigenvalue weighted by Gasteiger charge is 2.30. The standard InChI is InChI=1S/C16H24FN/c1-11(2)8-12(3)18-16-9-14(10-16)13-4-6-15(17)7-5-13/h4-7,11-12,14,16,18H,8-10H2,1-3H3. The van der Waals surface area contributed by atoms with Gasteiger partial charge in [-0.3, -0.25) is 0 Å². The van der Waals surface area contributed by atoms with Gasteiger partial charge in [-0.15, -0.1) is 0 Å². The van der Waals surface area contributed by atoms with Gasteiger partial charge in [0.1, 0.15) is 5.82 Å². The number of halogens is 1. The van der Waals surface area contributed by atoms with Crippen LogP contribution in [0.2, 0.25) is 0 Å². The number of benzene rings is 1. The van der Waals surface area contributed by atoms with Crippen LogP contribution in [0.1, 0.15) is 51.5 Å². The van der Waals surface area contributed by atoms with Gasteiger partial charge in [-0.2, -0.15) is 0 Å². The fraction of sp³-hybridized carbons (Fsp3) is 0.625. The van der Waals surface area contributed by atoms with Crippen molar-refractivity contribution in [2.75, 3.05) is 0 Å². The van der Waals surface area contributed by atoms with Crippen molar-refractivity contribution in [3.63, 3.8) is 0 Å². The van der Waals surface area contributed by atoms with E-state index in [1.165, 1.54) is 24.8 Å². The number of hydrogen-bond donors (Lipinski definition) is 1. The van der Waals surface area contributed by atoms with E-state index >= 15 is 0 Å². The second-order valence-electron chi connectivity index (χ2n) is 6.11. The molecule has 18 heavy (non-hydrogen) atoms. The van der Waals surface area contributed by atoms with Crippen molar-refractivity contribution >= 4 is 0 Å². The van der Waals surface area contributed by atoms with Crippen molar-refractivity contribution in [1.29, 1.82) is 0 Å². The molecule has 1 aromatic rings. The smallest absolute Gasteiger partial charge is 0.123 e. The topological polar surface area (TPSA) is 12.0 Å². The summed E-state index contributed by atoms with van der Waals surface area (Å²) in [5, 5.41) is 3.68. The van der Waals surface area contributed by atoms with Gasteiger partial charge in [0.25, 0.3) is 0 Å². The first kappa shape index (κ1) is 13.5. The molecule has 2 heteroatoms. The highest BCUT2D eigenvalue weighted by atomic mass is 19.1. The highest BCUT2D eigenvalue weighted by molar-refractivity contribution is 5.23. The van der Waals surface area contributed by atoms with Gasteiger partial charge in [0, 0.05) is 12.1 Å². The van der Waals surface area contributed by atoms with E-state index in [0.29, 0.717) is 18.0 Å². The summed E-state index contributed by atoms with van der Waals surface area (Å²) in [7, 11) is 0. The van der Waals surface area contributed by atoms with Crippen LogP contribution < -0.4 is 5.32 Å². The normalized spacial score (nSPS) is 24.9. The summed E-state index contributed by atoms with van der Waals surface area (Å²) >= 11 is 0. The molecule has 0 amide bonds. The average Bonchev–Trinajstić information content (AvgIpc) is 2.23. The molecular formula is C16H24FN. The third-order valence-corrected chi connectivity index (χ3v) is 3.82. The molecule has 0 aliphatic heterocycles. The lowest BCUT2D eigenvalue weighted by molar-refractivity contribution is 0.257. The largest absolute Gasteiger partial charge is 0.311 e. The molecule has 1 aromatic carbocycles. The Morgan fingerprint density at radius 3 is 2.33 bits per heavy atom. The summed E-state index contributed by atoms with van der Waals surface area (Å²) in [6, 6.07) is 8.23. The Morgan fingerprint density at radius 2 is 1.78 bits per heavy atom. The minimum Gasteiger partial charge on any atom is -0.311 e. The maximum Gasteiger partial charge on any atom is 0.123 e. The maximum absolute atomic E-state index is 12.8. The van der Waals surface area contributed by atoms with Crippen molar-refractivity contribution in [2.45, 2.75) is 58.0 Å². The van der Waals surface area contributed by atoms with Crippen LogP contribution in [-0.2, 0) is 0 Å². The van der Waals surface area contributed by atoms with Gasteiger partial charge in [0.2, 0.25) is 0 Å². The van der Waals surface area contributed by atoms with Crippen LogP contribution in [-0.4, -0.2) is 12.1 Å². The molecule has 100 valence electrons. The maximum atomic E-state index is 12.8. The molecule has 1 unspecified atom stereocenters. The lowest BCUT2D eigenvalue weighted by Crippen LogP contribution is -2.44. The zero-order chi connectivity index (χ0) is 13.1. The van der Waals surface area contributed by atoms with Crippen molar-refractivity contribution < 1.29 is 4.39 Å². The highest BCUT2D eigenvalue weighted by Crippen LogP contribution is 2.37. The molecule has 2 rings (SSSR count). The molecule has 1 aliphatic rings. The fourth-order valence-corrected chi connectivity index (χ4v) is 2.94. The van der Waals surface area contributed by atoms with Crippen LogP contribution in [0.15, 0.2) is 24.3 Å². The Hall–Kier alpha value is -0.890. The van der Waals surface area contributed by atoms with Crippen molar-refractivity contribution in [3.05, 3.63) is 35.6 Å². The zero-order valence-electron chi connectivity index (χ0n) is 11.6. The van der Waals surface area contributed by atoms with E-state index in [1.54, 1.807) is 12.1 Å². The molecule has 1 saturated carbocycles.